The van der Waals surface area contributed by atoms with Crippen LogP contribution in [0.25, 0.3) is 22.2 Å². The molecule has 0 spiro atoms. The number of pyridine rings is 1. The van der Waals surface area contributed by atoms with E-state index in [4.69, 9.17) is 14.5 Å². The highest BCUT2D eigenvalue weighted by Gasteiger charge is 2.13. The van der Waals surface area contributed by atoms with Gasteiger partial charge in [0.05, 0.1) is 18.3 Å². The van der Waals surface area contributed by atoms with Crippen molar-refractivity contribution in [1.29, 1.82) is 0 Å². The number of anilines is 1. The first kappa shape index (κ1) is 21.4. The van der Waals surface area contributed by atoms with E-state index in [1.165, 1.54) is 5.56 Å². The maximum absolute atomic E-state index is 12.7. The van der Waals surface area contributed by atoms with Gasteiger partial charge in [0.25, 0.3) is 5.91 Å². The Morgan fingerprint density at radius 3 is 2.31 bits per heavy atom. The minimum atomic E-state index is -0.202. The van der Waals surface area contributed by atoms with Gasteiger partial charge in [-0.15, -0.1) is 0 Å². The molecule has 0 aliphatic carbocycles. The number of carbonyl (C=O) groups is 1. The molecular weight excluding hydrogens is 400 g/mol. The monoisotopic (exact) mass is 426 g/mol. The van der Waals surface area contributed by atoms with Gasteiger partial charge < -0.3 is 14.8 Å². The standard InChI is InChI=1S/C27H26N2O3/c1-17-13-18(2)27(19(3)14-17)29-26(30)16-32-25-15-24(20-9-11-21(31-4)12-10-20)28-23-8-6-5-7-22(23)25/h5-15H,16H2,1-4H3,(H,29,30). The number of nitrogens with zero attached hydrogens (tertiary/aromatic N) is 1. The van der Waals surface area contributed by atoms with Crippen LogP contribution in [0.15, 0.2) is 66.7 Å². The van der Waals surface area contributed by atoms with Crippen LogP contribution >= 0.6 is 0 Å². The Kier molecular flexibility index (Phi) is 6.08. The number of amides is 1. The highest BCUT2D eigenvalue weighted by atomic mass is 16.5. The molecule has 5 nitrogen and oxygen atoms in total. The minimum absolute atomic E-state index is 0.0944. The lowest BCUT2D eigenvalue weighted by Gasteiger charge is -2.14. The third-order valence-corrected chi connectivity index (χ3v) is 5.36. The molecule has 0 radical (unpaired) electrons. The van der Waals surface area contributed by atoms with Gasteiger partial charge >= 0.3 is 0 Å². The average Bonchev–Trinajstić information content (AvgIpc) is 2.79. The Labute approximate surface area is 188 Å². The molecule has 0 unspecified atom stereocenters. The highest BCUT2D eigenvalue weighted by molar-refractivity contribution is 5.94. The number of methoxy groups -OCH3 is 1. The van der Waals surface area contributed by atoms with E-state index in [2.05, 4.69) is 17.4 Å². The van der Waals surface area contributed by atoms with Gasteiger partial charge in [0.1, 0.15) is 11.5 Å². The van der Waals surface area contributed by atoms with Crippen LogP contribution in [0.4, 0.5) is 5.69 Å². The normalized spacial score (nSPS) is 10.8. The molecule has 0 bridgehead atoms. The molecule has 0 aliphatic heterocycles. The largest absolute Gasteiger partial charge is 0.497 e. The number of carbonyl (C=O) groups excluding carboxylic acids is 1. The number of aromatic nitrogens is 1. The Hall–Kier alpha value is -3.86. The second-order valence-corrected chi connectivity index (χ2v) is 7.86. The maximum atomic E-state index is 12.7. The molecule has 0 fully saturated rings. The topological polar surface area (TPSA) is 60.5 Å². The fraction of sp³-hybridized carbons (Fsp3) is 0.185. The van der Waals surface area contributed by atoms with Crippen molar-refractivity contribution in [3.05, 3.63) is 83.4 Å². The van der Waals surface area contributed by atoms with E-state index >= 15 is 0 Å². The minimum Gasteiger partial charge on any atom is -0.497 e. The quantitative estimate of drug-likeness (QED) is 0.420. The molecule has 1 amide bonds. The van der Waals surface area contributed by atoms with Gasteiger partial charge in [-0.2, -0.15) is 0 Å². The predicted octanol–water partition coefficient (Wildman–Crippen LogP) is 5.85. The zero-order valence-electron chi connectivity index (χ0n) is 18.7. The molecule has 1 N–H and O–H groups in total. The smallest absolute Gasteiger partial charge is 0.262 e. The third kappa shape index (κ3) is 4.57. The number of rotatable bonds is 6. The lowest BCUT2D eigenvalue weighted by Crippen LogP contribution is -2.21. The average molecular weight is 427 g/mol. The Morgan fingerprint density at radius 2 is 1.62 bits per heavy atom. The summed E-state index contributed by atoms with van der Waals surface area (Å²) >= 11 is 0. The maximum Gasteiger partial charge on any atom is 0.262 e. The molecule has 4 aromatic rings. The zero-order chi connectivity index (χ0) is 22.7. The molecule has 4 rings (SSSR count). The van der Waals surface area contributed by atoms with Gasteiger partial charge in [-0.1, -0.05) is 29.8 Å². The molecule has 0 saturated carbocycles. The van der Waals surface area contributed by atoms with Crippen molar-refractivity contribution < 1.29 is 14.3 Å². The summed E-state index contributed by atoms with van der Waals surface area (Å²) in [6.07, 6.45) is 0. The summed E-state index contributed by atoms with van der Waals surface area (Å²) < 4.78 is 11.2. The van der Waals surface area contributed by atoms with Crippen LogP contribution in [0.3, 0.4) is 0 Å². The summed E-state index contributed by atoms with van der Waals surface area (Å²) in [7, 11) is 1.64. The first-order chi connectivity index (χ1) is 15.4. The molecule has 1 heterocycles. The molecule has 162 valence electrons. The zero-order valence-corrected chi connectivity index (χ0v) is 18.7. The fourth-order valence-corrected chi connectivity index (χ4v) is 3.87. The van der Waals surface area contributed by atoms with E-state index < -0.39 is 0 Å². The Balaban J connectivity index is 1.59. The SMILES string of the molecule is COc1ccc(-c2cc(OCC(=O)Nc3c(C)cc(C)cc3C)c3ccccc3n2)cc1. The lowest BCUT2D eigenvalue weighted by molar-refractivity contribution is -0.118. The number of para-hydroxylation sites is 1. The van der Waals surface area contributed by atoms with Crippen molar-refractivity contribution in [3.63, 3.8) is 0 Å². The van der Waals surface area contributed by atoms with E-state index in [-0.39, 0.29) is 12.5 Å². The summed E-state index contributed by atoms with van der Waals surface area (Å²) in [6.45, 7) is 5.94. The van der Waals surface area contributed by atoms with Gasteiger partial charge in [0, 0.05) is 22.7 Å². The molecule has 1 aromatic heterocycles. The molecule has 0 atom stereocenters. The number of ether oxygens (including phenoxy) is 2. The second kappa shape index (κ2) is 9.10. The fourth-order valence-electron chi connectivity index (χ4n) is 3.87. The van der Waals surface area contributed by atoms with Gasteiger partial charge in [-0.3, -0.25) is 4.79 Å². The Morgan fingerprint density at radius 1 is 0.938 bits per heavy atom. The van der Waals surface area contributed by atoms with Crippen molar-refractivity contribution in [2.24, 2.45) is 0 Å². The number of hydrogen-bond donors (Lipinski definition) is 1. The van der Waals surface area contributed by atoms with Crippen LogP contribution in [-0.4, -0.2) is 24.6 Å². The van der Waals surface area contributed by atoms with Gasteiger partial charge in [0.2, 0.25) is 0 Å². The number of nitrogens with one attached hydrogen (secondary N) is 1. The Bertz CT molecular complexity index is 1260. The lowest BCUT2D eigenvalue weighted by atomic mass is 10.1. The number of fused-ring (bicyclic) bond motifs is 1. The second-order valence-electron chi connectivity index (χ2n) is 7.86. The van der Waals surface area contributed by atoms with Crippen molar-refractivity contribution in [2.75, 3.05) is 19.0 Å². The van der Waals surface area contributed by atoms with Crippen LogP contribution in [0, 0.1) is 20.8 Å². The van der Waals surface area contributed by atoms with E-state index in [0.717, 1.165) is 44.7 Å². The van der Waals surface area contributed by atoms with Crippen LogP contribution in [0.2, 0.25) is 0 Å². The predicted molar refractivity (Wildman–Crippen MR) is 129 cm³/mol. The van der Waals surface area contributed by atoms with Crippen LogP contribution < -0.4 is 14.8 Å². The summed E-state index contributed by atoms with van der Waals surface area (Å²) in [5, 5.41) is 3.85. The first-order valence-corrected chi connectivity index (χ1v) is 10.5. The van der Waals surface area contributed by atoms with Crippen LogP contribution in [-0.2, 0) is 4.79 Å². The number of hydrogen-bond acceptors (Lipinski definition) is 4. The molecule has 0 aliphatic rings. The van der Waals surface area contributed by atoms with E-state index in [1.54, 1.807) is 7.11 Å². The van der Waals surface area contributed by atoms with E-state index in [0.29, 0.717) is 5.75 Å². The molecule has 5 heteroatoms. The van der Waals surface area contributed by atoms with Gasteiger partial charge in [-0.05, 0) is 68.3 Å². The summed E-state index contributed by atoms with van der Waals surface area (Å²) in [5.41, 5.74) is 6.59. The van der Waals surface area contributed by atoms with Crippen LogP contribution in [0.5, 0.6) is 11.5 Å². The van der Waals surface area contributed by atoms with Crippen molar-refractivity contribution in [2.45, 2.75) is 20.8 Å². The van der Waals surface area contributed by atoms with Crippen molar-refractivity contribution >= 4 is 22.5 Å². The summed E-state index contributed by atoms with van der Waals surface area (Å²) in [4.78, 5) is 17.4. The molecule has 3 aromatic carbocycles. The first-order valence-electron chi connectivity index (χ1n) is 10.5. The van der Waals surface area contributed by atoms with E-state index in [9.17, 15) is 4.79 Å². The third-order valence-electron chi connectivity index (χ3n) is 5.36. The van der Waals surface area contributed by atoms with Gasteiger partial charge in [-0.25, -0.2) is 4.98 Å². The number of benzene rings is 3. The van der Waals surface area contributed by atoms with Crippen molar-refractivity contribution in [1.82, 2.24) is 4.98 Å². The summed E-state index contributed by atoms with van der Waals surface area (Å²) in [6, 6.07) is 21.4. The van der Waals surface area contributed by atoms with Crippen LogP contribution in [0.1, 0.15) is 16.7 Å². The molecule has 32 heavy (non-hydrogen) atoms. The highest BCUT2D eigenvalue weighted by Crippen LogP contribution is 2.31. The molecular formula is C27H26N2O3. The molecule has 0 saturated heterocycles. The number of aryl methyl sites for hydroxylation is 3. The summed E-state index contributed by atoms with van der Waals surface area (Å²) in [5.74, 6) is 1.20. The van der Waals surface area contributed by atoms with Gasteiger partial charge in [0.15, 0.2) is 6.61 Å². The van der Waals surface area contributed by atoms with Crippen molar-refractivity contribution in [3.8, 4) is 22.8 Å². The van der Waals surface area contributed by atoms with E-state index in [1.807, 2.05) is 75.4 Å².